The van der Waals surface area contributed by atoms with Gasteiger partial charge in [-0.1, -0.05) is 26.2 Å². The number of aromatic nitrogens is 3. The molecule has 2 aromatic rings. The number of halogens is 1. The summed E-state index contributed by atoms with van der Waals surface area (Å²) in [5.41, 5.74) is 3.64. The van der Waals surface area contributed by atoms with Gasteiger partial charge >= 0.3 is 0 Å². The fourth-order valence-electron chi connectivity index (χ4n) is 1.85. The molecule has 4 nitrogen and oxygen atoms in total. The Kier molecular flexibility index (Phi) is 4.77. The van der Waals surface area contributed by atoms with Crippen LogP contribution in [0.15, 0.2) is 17.2 Å². The Bertz CT molecular complexity index is 619. The van der Waals surface area contributed by atoms with E-state index in [4.69, 9.17) is 4.74 Å². The Morgan fingerprint density at radius 2 is 2.20 bits per heavy atom. The molecule has 0 saturated heterocycles. The topological polar surface area (TPSA) is 50.8 Å². The Morgan fingerprint density at radius 1 is 1.45 bits per heavy atom. The number of nitrogens with one attached hydrogen (secondary N) is 1. The van der Waals surface area contributed by atoms with Gasteiger partial charge in [-0.25, -0.2) is 4.98 Å². The molecule has 0 bridgehead atoms. The summed E-state index contributed by atoms with van der Waals surface area (Å²) >= 11 is 3.59. The molecule has 0 aromatic carbocycles. The number of rotatable bonds is 6. The fourth-order valence-corrected chi connectivity index (χ4v) is 3.17. The van der Waals surface area contributed by atoms with Gasteiger partial charge in [0.1, 0.15) is 5.52 Å². The molecule has 0 aliphatic heterocycles. The third-order valence-corrected chi connectivity index (χ3v) is 5.68. The lowest BCUT2D eigenvalue weighted by molar-refractivity contribution is 0.133. The number of aromatic amines is 1. The van der Waals surface area contributed by atoms with E-state index >= 15 is 0 Å². The molecular weight excluding hydrogens is 334 g/mol. The molecule has 1 N–H and O–H groups in total. The van der Waals surface area contributed by atoms with Crippen LogP contribution in [0.25, 0.3) is 17.1 Å². The Morgan fingerprint density at radius 3 is 2.85 bits per heavy atom. The highest BCUT2D eigenvalue weighted by Gasteiger charge is 2.15. The molecule has 0 saturated carbocycles. The predicted molar refractivity (Wildman–Crippen MR) is 89.5 cm³/mol. The molecule has 0 spiro atoms. The summed E-state index contributed by atoms with van der Waals surface area (Å²) in [6.07, 6.45) is 3.46. The summed E-state index contributed by atoms with van der Waals surface area (Å²) in [7, 11) is -1.05. The highest BCUT2D eigenvalue weighted by Crippen LogP contribution is 2.28. The SMILES string of the molecule is C=Cc1nc2cn[nH]c2c(COCC[Si](C)(C)C)c1Br. The zero-order chi connectivity index (χ0) is 14.8. The first kappa shape index (κ1) is 15.4. The van der Waals surface area contributed by atoms with Crippen LogP contribution < -0.4 is 0 Å². The maximum atomic E-state index is 5.85. The maximum Gasteiger partial charge on any atom is 0.109 e. The summed E-state index contributed by atoms with van der Waals surface area (Å²) in [4.78, 5) is 4.47. The molecule has 2 aromatic heterocycles. The van der Waals surface area contributed by atoms with Crippen molar-refractivity contribution in [3.8, 4) is 0 Å². The van der Waals surface area contributed by atoms with Crippen molar-refractivity contribution in [2.75, 3.05) is 6.61 Å². The maximum absolute atomic E-state index is 5.85. The van der Waals surface area contributed by atoms with Crippen molar-refractivity contribution >= 4 is 41.1 Å². The summed E-state index contributed by atoms with van der Waals surface area (Å²) in [6.45, 7) is 12.2. The van der Waals surface area contributed by atoms with E-state index in [9.17, 15) is 0 Å². The molecule has 2 heterocycles. The first-order chi connectivity index (χ1) is 9.42. The quantitative estimate of drug-likeness (QED) is 0.624. The average molecular weight is 354 g/mol. The third-order valence-electron chi connectivity index (χ3n) is 3.09. The van der Waals surface area contributed by atoms with E-state index in [1.807, 2.05) is 0 Å². The van der Waals surface area contributed by atoms with Crippen molar-refractivity contribution in [3.05, 3.63) is 28.5 Å². The van der Waals surface area contributed by atoms with Gasteiger partial charge in [-0.2, -0.15) is 5.10 Å². The highest BCUT2D eigenvalue weighted by molar-refractivity contribution is 9.10. The Hall–Kier alpha value is -0.983. The average Bonchev–Trinajstić information content (AvgIpc) is 2.82. The van der Waals surface area contributed by atoms with E-state index in [0.717, 1.165) is 39.4 Å². The van der Waals surface area contributed by atoms with Gasteiger partial charge in [-0.05, 0) is 28.1 Å². The van der Waals surface area contributed by atoms with Crippen LogP contribution in [0.5, 0.6) is 0 Å². The van der Waals surface area contributed by atoms with Crippen molar-refractivity contribution in [1.82, 2.24) is 15.2 Å². The molecule has 0 aliphatic carbocycles. The van der Waals surface area contributed by atoms with Crippen molar-refractivity contribution in [1.29, 1.82) is 0 Å². The van der Waals surface area contributed by atoms with Gasteiger partial charge in [0.05, 0.1) is 28.5 Å². The number of nitrogens with zero attached hydrogens (tertiary/aromatic N) is 2. The number of fused-ring (bicyclic) bond motifs is 1. The monoisotopic (exact) mass is 353 g/mol. The van der Waals surface area contributed by atoms with Gasteiger partial charge in [0.2, 0.25) is 0 Å². The second-order valence-corrected chi connectivity index (χ2v) is 12.4. The fraction of sp³-hybridized carbons (Fsp3) is 0.429. The molecule has 108 valence electrons. The van der Waals surface area contributed by atoms with Crippen LogP contribution in [0, 0.1) is 0 Å². The second-order valence-electron chi connectivity index (χ2n) is 5.99. The van der Waals surface area contributed by atoms with Crippen molar-refractivity contribution in [2.45, 2.75) is 32.3 Å². The molecule has 0 radical (unpaired) electrons. The van der Waals surface area contributed by atoms with Crippen LogP contribution in [-0.2, 0) is 11.3 Å². The van der Waals surface area contributed by atoms with E-state index in [1.54, 1.807) is 12.3 Å². The van der Waals surface area contributed by atoms with E-state index < -0.39 is 8.07 Å². The normalized spacial score (nSPS) is 12.0. The molecule has 0 atom stereocenters. The van der Waals surface area contributed by atoms with Crippen LogP contribution in [0.4, 0.5) is 0 Å². The van der Waals surface area contributed by atoms with E-state index in [2.05, 4.69) is 57.3 Å². The molecule has 2 rings (SSSR count). The molecule has 0 fully saturated rings. The largest absolute Gasteiger partial charge is 0.377 e. The smallest absolute Gasteiger partial charge is 0.109 e. The van der Waals surface area contributed by atoms with Gasteiger partial charge in [0.15, 0.2) is 0 Å². The first-order valence-corrected chi connectivity index (χ1v) is 11.1. The number of hydrogen-bond donors (Lipinski definition) is 1. The summed E-state index contributed by atoms with van der Waals surface area (Å²) in [6, 6.07) is 1.16. The summed E-state index contributed by atoms with van der Waals surface area (Å²) < 4.78 is 6.78. The molecule has 0 amide bonds. The minimum absolute atomic E-state index is 0.549. The molecule has 0 aliphatic rings. The second kappa shape index (κ2) is 6.20. The van der Waals surface area contributed by atoms with Crippen LogP contribution in [-0.4, -0.2) is 29.9 Å². The number of ether oxygens (including phenoxy) is 1. The zero-order valence-electron chi connectivity index (χ0n) is 12.2. The number of H-pyrrole nitrogens is 1. The molecule has 20 heavy (non-hydrogen) atoms. The number of pyridine rings is 1. The van der Waals surface area contributed by atoms with Gasteiger partial charge in [-0.3, -0.25) is 5.10 Å². The van der Waals surface area contributed by atoms with Crippen molar-refractivity contribution in [2.24, 2.45) is 0 Å². The lowest BCUT2D eigenvalue weighted by atomic mass is 10.2. The lowest BCUT2D eigenvalue weighted by Crippen LogP contribution is -2.21. The predicted octanol–water partition coefficient (Wildman–Crippen LogP) is 4.22. The van der Waals surface area contributed by atoms with Crippen LogP contribution in [0.3, 0.4) is 0 Å². The Balaban J connectivity index is 2.18. The van der Waals surface area contributed by atoms with E-state index in [0.29, 0.717) is 6.61 Å². The first-order valence-electron chi connectivity index (χ1n) is 6.64. The van der Waals surface area contributed by atoms with Crippen LogP contribution in [0.2, 0.25) is 25.7 Å². The van der Waals surface area contributed by atoms with E-state index in [1.165, 1.54) is 0 Å². The van der Waals surface area contributed by atoms with Gasteiger partial charge < -0.3 is 4.74 Å². The standard InChI is InChI=1S/C14H20BrN3OSi/c1-5-11-13(15)10(9-19-6-7-20(2,3)4)14-12(17-11)8-16-18-14/h5,8H,1,6-7,9H2,2-4H3,(H,16,18). The molecule has 0 unspecified atom stereocenters. The third kappa shape index (κ3) is 3.56. The lowest BCUT2D eigenvalue weighted by Gasteiger charge is -2.16. The van der Waals surface area contributed by atoms with Crippen LogP contribution >= 0.6 is 15.9 Å². The van der Waals surface area contributed by atoms with E-state index in [-0.39, 0.29) is 0 Å². The minimum atomic E-state index is -1.05. The highest BCUT2D eigenvalue weighted by atomic mass is 79.9. The molecule has 6 heteroatoms. The Labute approximate surface area is 128 Å². The molecular formula is C14H20BrN3OSi. The number of hydrogen-bond acceptors (Lipinski definition) is 3. The van der Waals surface area contributed by atoms with Crippen molar-refractivity contribution in [3.63, 3.8) is 0 Å². The zero-order valence-corrected chi connectivity index (χ0v) is 14.7. The van der Waals surface area contributed by atoms with Gasteiger partial charge in [0.25, 0.3) is 0 Å². The van der Waals surface area contributed by atoms with Crippen LogP contribution in [0.1, 0.15) is 11.3 Å². The minimum Gasteiger partial charge on any atom is -0.377 e. The van der Waals surface area contributed by atoms with Gasteiger partial charge in [-0.15, -0.1) is 0 Å². The summed E-state index contributed by atoms with van der Waals surface area (Å²) in [5.74, 6) is 0. The van der Waals surface area contributed by atoms with Gasteiger partial charge in [0, 0.05) is 20.2 Å². The summed E-state index contributed by atoms with van der Waals surface area (Å²) in [5, 5.41) is 7.04. The van der Waals surface area contributed by atoms with Crippen molar-refractivity contribution < 1.29 is 4.74 Å².